The minimum atomic E-state index is -4.32. The van der Waals surface area contributed by atoms with Crippen molar-refractivity contribution in [2.45, 2.75) is 39.2 Å². The van der Waals surface area contributed by atoms with Gasteiger partial charge in [0.25, 0.3) is 0 Å². The molecule has 0 fully saturated rings. The molecule has 90 valence electrons. The van der Waals surface area contributed by atoms with Gasteiger partial charge in [0.1, 0.15) is 5.69 Å². The predicted molar refractivity (Wildman–Crippen MR) is 52.8 cm³/mol. The van der Waals surface area contributed by atoms with Gasteiger partial charge < -0.3 is 0 Å². The first kappa shape index (κ1) is 11.4. The lowest BCUT2D eigenvalue weighted by Crippen LogP contribution is -2.20. The van der Waals surface area contributed by atoms with Crippen LogP contribution in [0.2, 0.25) is 0 Å². The van der Waals surface area contributed by atoms with Crippen molar-refractivity contribution in [3.63, 3.8) is 0 Å². The average Bonchev–Trinajstić information content (AvgIpc) is 2.56. The molecule has 0 saturated heterocycles. The first-order valence-corrected chi connectivity index (χ1v) is 5.16. The maximum atomic E-state index is 12.9. The van der Waals surface area contributed by atoms with E-state index in [1.807, 2.05) is 4.90 Å². The molecule has 0 atom stereocenters. The Labute approximate surface area is 91.8 Å². The van der Waals surface area contributed by atoms with E-state index < -0.39 is 11.9 Å². The molecule has 0 spiro atoms. The number of aromatic nitrogens is 2. The molecule has 1 aromatic heterocycles. The Morgan fingerprint density at radius 1 is 1.25 bits per heavy atom. The first-order chi connectivity index (χ1) is 7.30. The van der Waals surface area contributed by atoms with Gasteiger partial charge in [-0.1, -0.05) is 0 Å². The Kier molecular flexibility index (Phi) is 2.49. The van der Waals surface area contributed by atoms with E-state index in [1.54, 1.807) is 20.9 Å². The van der Waals surface area contributed by atoms with Crippen molar-refractivity contribution in [2.75, 3.05) is 7.05 Å². The fraction of sp³-hybridized carbons (Fsp3) is 0.700. The van der Waals surface area contributed by atoms with Crippen molar-refractivity contribution < 1.29 is 13.2 Å². The Morgan fingerprint density at radius 3 is 2.38 bits per heavy atom. The molecule has 0 amide bonds. The summed E-state index contributed by atoms with van der Waals surface area (Å²) in [5.41, 5.74) is 0.314. The smallest absolute Gasteiger partial charge is 0.296 e. The van der Waals surface area contributed by atoms with Crippen molar-refractivity contribution in [3.8, 4) is 0 Å². The van der Waals surface area contributed by atoms with E-state index in [2.05, 4.69) is 5.10 Å². The molecule has 0 saturated carbocycles. The van der Waals surface area contributed by atoms with Gasteiger partial charge in [0, 0.05) is 24.7 Å². The topological polar surface area (TPSA) is 21.1 Å². The van der Waals surface area contributed by atoms with E-state index in [1.165, 1.54) is 0 Å². The van der Waals surface area contributed by atoms with Crippen molar-refractivity contribution in [2.24, 2.45) is 0 Å². The number of hydrogen-bond acceptors (Lipinski definition) is 2. The van der Waals surface area contributed by atoms with Gasteiger partial charge in [0.2, 0.25) is 0 Å². The average molecular weight is 233 g/mol. The summed E-state index contributed by atoms with van der Waals surface area (Å²) in [5.74, 6) is 0. The van der Waals surface area contributed by atoms with E-state index >= 15 is 0 Å². The Balaban J connectivity index is 2.55. The molecule has 0 bridgehead atoms. The summed E-state index contributed by atoms with van der Waals surface area (Å²) in [5, 5.41) is 4.06. The summed E-state index contributed by atoms with van der Waals surface area (Å²) in [6.45, 7) is 4.25. The zero-order valence-electron chi connectivity index (χ0n) is 9.47. The summed E-state index contributed by atoms with van der Waals surface area (Å²) in [7, 11) is 1.79. The number of nitrogens with zero attached hydrogens (tertiary/aromatic N) is 3. The van der Waals surface area contributed by atoms with Crippen LogP contribution in [0.1, 0.15) is 36.8 Å². The molecule has 0 aliphatic carbocycles. The normalized spacial score (nSPS) is 17.2. The second-order valence-corrected chi connectivity index (χ2v) is 4.48. The van der Waals surface area contributed by atoms with Crippen molar-refractivity contribution >= 4 is 0 Å². The highest BCUT2D eigenvalue weighted by Crippen LogP contribution is 2.37. The zero-order chi connectivity index (χ0) is 12.1. The summed E-state index contributed by atoms with van der Waals surface area (Å²) in [4.78, 5) is 1.83. The highest BCUT2D eigenvalue weighted by atomic mass is 19.4. The molecule has 6 heteroatoms. The number of fused-ring (bicyclic) bond motifs is 1. The lowest BCUT2D eigenvalue weighted by Gasteiger charge is -2.16. The van der Waals surface area contributed by atoms with Crippen LogP contribution in [-0.2, 0) is 19.3 Å². The number of halogens is 3. The molecule has 1 aliphatic rings. The van der Waals surface area contributed by atoms with Crippen LogP contribution >= 0.6 is 0 Å². The molecule has 0 radical (unpaired) electrons. The number of hydrogen-bond donors (Lipinski definition) is 0. The van der Waals surface area contributed by atoms with Crippen LogP contribution in [0.25, 0.3) is 0 Å². The maximum Gasteiger partial charge on any atom is 0.433 e. The van der Waals surface area contributed by atoms with Crippen LogP contribution in [-0.4, -0.2) is 21.7 Å². The van der Waals surface area contributed by atoms with Crippen molar-refractivity contribution in [1.82, 2.24) is 14.7 Å². The van der Waals surface area contributed by atoms with Crippen LogP contribution in [0.5, 0.6) is 0 Å². The Bertz CT molecular complexity index is 406. The highest BCUT2D eigenvalue weighted by Gasteiger charge is 2.42. The molecule has 16 heavy (non-hydrogen) atoms. The Hall–Kier alpha value is -1.04. The fourth-order valence-electron chi connectivity index (χ4n) is 2.06. The third kappa shape index (κ3) is 1.71. The molecule has 3 nitrogen and oxygen atoms in total. The van der Waals surface area contributed by atoms with Crippen LogP contribution in [0.15, 0.2) is 0 Å². The van der Waals surface area contributed by atoms with Gasteiger partial charge in [-0.3, -0.25) is 9.58 Å². The molecule has 0 aromatic carbocycles. The molecule has 1 aliphatic heterocycles. The predicted octanol–water partition coefficient (Wildman–Crippen LogP) is 2.43. The van der Waals surface area contributed by atoms with E-state index in [4.69, 9.17) is 0 Å². The van der Waals surface area contributed by atoms with E-state index in [0.29, 0.717) is 24.3 Å². The molecular weight excluding hydrogens is 219 g/mol. The monoisotopic (exact) mass is 233 g/mol. The van der Waals surface area contributed by atoms with Crippen LogP contribution in [0, 0.1) is 0 Å². The molecule has 1 aromatic rings. The largest absolute Gasteiger partial charge is 0.433 e. The van der Waals surface area contributed by atoms with Crippen LogP contribution in [0.4, 0.5) is 13.2 Å². The van der Waals surface area contributed by atoms with Crippen molar-refractivity contribution in [1.29, 1.82) is 0 Å². The lowest BCUT2D eigenvalue weighted by atomic mass is 10.2. The van der Waals surface area contributed by atoms with Crippen LogP contribution < -0.4 is 0 Å². The molecule has 0 unspecified atom stereocenters. The Morgan fingerprint density at radius 2 is 1.88 bits per heavy atom. The van der Waals surface area contributed by atoms with Gasteiger partial charge in [-0.25, -0.2) is 0 Å². The van der Waals surface area contributed by atoms with Crippen LogP contribution in [0.3, 0.4) is 0 Å². The minimum absolute atomic E-state index is 0.271. The van der Waals surface area contributed by atoms with E-state index in [9.17, 15) is 13.2 Å². The quantitative estimate of drug-likeness (QED) is 0.742. The second-order valence-electron chi connectivity index (χ2n) is 4.48. The number of alkyl halides is 3. The fourth-order valence-corrected chi connectivity index (χ4v) is 2.06. The van der Waals surface area contributed by atoms with E-state index in [-0.39, 0.29) is 6.04 Å². The van der Waals surface area contributed by atoms with Gasteiger partial charge in [0.05, 0.1) is 5.69 Å². The third-order valence-electron chi connectivity index (χ3n) is 2.70. The van der Waals surface area contributed by atoms with Gasteiger partial charge in [-0.2, -0.15) is 18.3 Å². The maximum absolute atomic E-state index is 12.9. The minimum Gasteiger partial charge on any atom is -0.296 e. The van der Waals surface area contributed by atoms with Gasteiger partial charge in [-0.05, 0) is 20.9 Å². The molecule has 2 rings (SSSR count). The summed E-state index contributed by atoms with van der Waals surface area (Å²) in [6.07, 6.45) is -4.32. The number of rotatable bonds is 1. The third-order valence-corrected chi connectivity index (χ3v) is 2.70. The zero-order valence-corrected chi connectivity index (χ0v) is 9.47. The summed E-state index contributed by atoms with van der Waals surface area (Å²) >= 11 is 0. The molecule has 0 N–H and O–H groups in total. The van der Waals surface area contributed by atoms with Gasteiger partial charge in [-0.15, -0.1) is 0 Å². The second kappa shape index (κ2) is 3.48. The standard InChI is InChI=1S/C10H14F3N3/c1-6(2)16-9(10(11,12)13)7-4-15(3)5-8(7)14-16/h6H,4-5H2,1-3H3. The molecular formula is C10H14F3N3. The lowest BCUT2D eigenvalue weighted by molar-refractivity contribution is -0.145. The summed E-state index contributed by atoms with van der Waals surface area (Å²) in [6, 6.07) is -0.271. The molecule has 2 heterocycles. The van der Waals surface area contributed by atoms with Crippen molar-refractivity contribution in [3.05, 3.63) is 17.0 Å². The summed E-state index contributed by atoms with van der Waals surface area (Å²) < 4.78 is 39.9. The first-order valence-electron chi connectivity index (χ1n) is 5.16. The SMILES string of the molecule is CC(C)n1nc2c(c1C(F)(F)F)CN(C)C2. The highest BCUT2D eigenvalue weighted by molar-refractivity contribution is 5.32. The van der Waals surface area contributed by atoms with Gasteiger partial charge in [0.15, 0.2) is 0 Å². The van der Waals surface area contributed by atoms with Gasteiger partial charge >= 0.3 is 6.18 Å². The van der Waals surface area contributed by atoms with E-state index in [0.717, 1.165) is 4.68 Å².